The molecule has 1 saturated heterocycles. The SMILES string of the molecule is CCC(C)N1CCCNCC(C)(C)C1. The molecule has 0 saturated carbocycles. The standard InChI is InChI=1S/C12H26N2/c1-5-11(2)14-8-6-7-13-9-12(3,4)10-14/h11,13H,5-10H2,1-4H3. The Morgan fingerprint density at radius 2 is 2.14 bits per heavy atom. The molecule has 1 aliphatic heterocycles. The van der Waals surface area contributed by atoms with Gasteiger partial charge in [0.2, 0.25) is 0 Å². The summed E-state index contributed by atoms with van der Waals surface area (Å²) >= 11 is 0. The van der Waals surface area contributed by atoms with E-state index in [0.29, 0.717) is 5.41 Å². The van der Waals surface area contributed by atoms with Gasteiger partial charge in [0.05, 0.1) is 0 Å². The smallest absolute Gasteiger partial charge is 0.00645 e. The Hall–Kier alpha value is -0.0800. The predicted molar refractivity (Wildman–Crippen MR) is 62.6 cm³/mol. The van der Waals surface area contributed by atoms with E-state index in [0.717, 1.165) is 12.6 Å². The third-order valence-corrected chi connectivity index (χ3v) is 3.25. The number of hydrogen-bond donors (Lipinski definition) is 1. The van der Waals surface area contributed by atoms with Crippen LogP contribution < -0.4 is 5.32 Å². The zero-order valence-electron chi connectivity index (χ0n) is 10.3. The third-order valence-electron chi connectivity index (χ3n) is 3.25. The highest BCUT2D eigenvalue weighted by Crippen LogP contribution is 2.20. The maximum Gasteiger partial charge on any atom is 0.00645 e. The lowest BCUT2D eigenvalue weighted by atomic mass is 9.91. The molecule has 0 amide bonds. The lowest BCUT2D eigenvalue weighted by Crippen LogP contribution is -2.47. The van der Waals surface area contributed by atoms with Crippen LogP contribution in [0.3, 0.4) is 0 Å². The zero-order valence-corrected chi connectivity index (χ0v) is 10.3. The van der Waals surface area contributed by atoms with Crippen LogP contribution in [0.4, 0.5) is 0 Å². The molecule has 1 heterocycles. The van der Waals surface area contributed by atoms with Crippen molar-refractivity contribution in [3.05, 3.63) is 0 Å². The first-order chi connectivity index (χ1) is 6.55. The predicted octanol–water partition coefficient (Wildman–Crippen LogP) is 2.11. The molecular weight excluding hydrogens is 172 g/mol. The molecule has 1 aliphatic rings. The first-order valence-corrected chi connectivity index (χ1v) is 6.00. The van der Waals surface area contributed by atoms with E-state index in [4.69, 9.17) is 0 Å². The van der Waals surface area contributed by atoms with Crippen LogP contribution in [0, 0.1) is 5.41 Å². The fourth-order valence-electron chi connectivity index (χ4n) is 2.15. The van der Waals surface area contributed by atoms with E-state index in [2.05, 4.69) is 37.9 Å². The van der Waals surface area contributed by atoms with Crippen molar-refractivity contribution in [2.45, 2.75) is 46.6 Å². The van der Waals surface area contributed by atoms with Crippen LogP contribution in [0.25, 0.3) is 0 Å². The highest BCUT2D eigenvalue weighted by atomic mass is 15.2. The van der Waals surface area contributed by atoms with Crippen LogP contribution in [0.1, 0.15) is 40.5 Å². The van der Waals surface area contributed by atoms with E-state index < -0.39 is 0 Å². The van der Waals surface area contributed by atoms with Crippen LogP contribution >= 0.6 is 0 Å². The van der Waals surface area contributed by atoms with Gasteiger partial charge in [0, 0.05) is 19.1 Å². The molecule has 0 bridgehead atoms. The Morgan fingerprint density at radius 1 is 1.43 bits per heavy atom. The van der Waals surface area contributed by atoms with Crippen molar-refractivity contribution in [1.29, 1.82) is 0 Å². The molecule has 0 aromatic carbocycles. The molecule has 0 aromatic heterocycles. The second-order valence-electron chi connectivity index (χ2n) is 5.42. The average molecular weight is 198 g/mol. The summed E-state index contributed by atoms with van der Waals surface area (Å²) in [6.45, 7) is 14.2. The van der Waals surface area contributed by atoms with Gasteiger partial charge in [0.15, 0.2) is 0 Å². The van der Waals surface area contributed by atoms with Crippen LogP contribution in [0.5, 0.6) is 0 Å². The molecule has 2 heteroatoms. The largest absolute Gasteiger partial charge is 0.316 e. The van der Waals surface area contributed by atoms with Gasteiger partial charge in [-0.05, 0) is 38.3 Å². The Kier molecular flexibility index (Phi) is 4.39. The van der Waals surface area contributed by atoms with Gasteiger partial charge in [-0.3, -0.25) is 0 Å². The van der Waals surface area contributed by atoms with Crippen molar-refractivity contribution >= 4 is 0 Å². The van der Waals surface area contributed by atoms with E-state index >= 15 is 0 Å². The number of hydrogen-bond acceptors (Lipinski definition) is 2. The molecular formula is C12H26N2. The normalized spacial score (nSPS) is 26.6. The molecule has 1 fully saturated rings. The van der Waals surface area contributed by atoms with Crippen molar-refractivity contribution in [3.8, 4) is 0 Å². The summed E-state index contributed by atoms with van der Waals surface area (Å²) in [7, 11) is 0. The average Bonchev–Trinajstić information content (AvgIpc) is 2.10. The Morgan fingerprint density at radius 3 is 2.79 bits per heavy atom. The second kappa shape index (κ2) is 5.13. The van der Waals surface area contributed by atoms with Gasteiger partial charge in [0.1, 0.15) is 0 Å². The fourth-order valence-corrected chi connectivity index (χ4v) is 2.15. The van der Waals surface area contributed by atoms with Gasteiger partial charge < -0.3 is 10.2 Å². The topological polar surface area (TPSA) is 15.3 Å². The van der Waals surface area contributed by atoms with E-state index in [1.807, 2.05) is 0 Å². The Bertz CT molecular complexity index is 166. The van der Waals surface area contributed by atoms with E-state index in [1.165, 1.54) is 32.5 Å². The van der Waals surface area contributed by atoms with Crippen molar-refractivity contribution in [2.75, 3.05) is 26.2 Å². The monoisotopic (exact) mass is 198 g/mol. The summed E-state index contributed by atoms with van der Waals surface area (Å²) < 4.78 is 0. The summed E-state index contributed by atoms with van der Waals surface area (Å²) in [5, 5.41) is 3.53. The van der Waals surface area contributed by atoms with E-state index in [9.17, 15) is 0 Å². The molecule has 1 atom stereocenters. The van der Waals surface area contributed by atoms with Gasteiger partial charge in [-0.25, -0.2) is 0 Å². The lowest BCUT2D eigenvalue weighted by Gasteiger charge is -2.38. The van der Waals surface area contributed by atoms with Crippen LogP contribution in [-0.4, -0.2) is 37.1 Å². The summed E-state index contributed by atoms with van der Waals surface area (Å²) in [5.41, 5.74) is 0.420. The number of nitrogens with one attached hydrogen (secondary N) is 1. The highest BCUT2D eigenvalue weighted by Gasteiger charge is 2.25. The summed E-state index contributed by atoms with van der Waals surface area (Å²) in [5.74, 6) is 0. The number of nitrogens with zero attached hydrogens (tertiary/aromatic N) is 1. The molecule has 0 aliphatic carbocycles. The van der Waals surface area contributed by atoms with Crippen LogP contribution in [0.2, 0.25) is 0 Å². The first kappa shape index (κ1) is 12.0. The summed E-state index contributed by atoms with van der Waals surface area (Å²) in [6.07, 6.45) is 2.56. The molecule has 1 rings (SSSR count). The van der Waals surface area contributed by atoms with Crippen molar-refractivity contribution in [2.24, 2.45) is 5.41 Å². The van der Waals surface area contributed by atoms with Gasteiger partial charge in [0.25, 0.3) is 0 Å². The molecule has 1 N–H and O–H groups in total. The molecule has 14 heavy (non-hydrogen) atoms. The maximum absolute atomic E-state index is 3.53. The van der Waals surface area contributed by atoms with Crippen molar-refractivity contribution in [1.82, 2.24) is 10.2 Å². The van der Waals surface area contributed by atoms with Gasteiger partial charge in [-0.2, -0.15) is 0 Å². The quantitative estimate of drug-likeness (QED) is 0.731. The fraction of sp³-hybridized carbons (Fsp3) is 1.00. The molecule has 84 valence electrons. The Labute approximate surface area is 89.1 Å². The minimum Gasteiger partial charge on any atom is -0.316 e. The third kappa shape index (κ3) is 3.58. The second-order valence-corrected chi connectivity index (χ2v) is 5.42. The summed E-state index contributed by atoms with van der Waals surface area (Å²) in [4.78, 5) is 2.65. The van der Waals surface area contributed by atoms with Gasteiger partial charge >= 0.3 is 0 Å². The molecule has 0 spiro atoms. The molecule has 0 aromatic rings. The highest BCUT2D eigenvalue weighted by molar-refractivity contribution is 4.81. The van der Waals surface area contributed by atoms with Crippen molar-refractivity contribution < 1.29 is 0 Å². The van der Waals surface area contributed by atoms with Gasteiger partial charge in [-0.15, -0.1) is 0 Å². The molecule has 0 radical (unpaired) electrons. The zero-order chi connectivity index (χ0) is 10.6. The van der Waals surface area contributed by atoms with Crippen LogP contribution in [-0.2, 0) is 0 Å². The summed E-state index contributed by atoms with van der Waals surface area (Å²) in [6, 6.07) is 0.743. The minimum atomic E-state index is 0.420. The minimum absolute atomic E-state index is 0.420. The molecule has 2 nitrogen and oxygen atoms in total. The van der Waals surface area contributed by atoms with Crippen LogP contribution in [0.15, 0.2) is 0 Å². The van der Waals surface area contributed by atoms with E-state index in [-0.39, 0.29) is 0 Å². The Balaban J connectivity index is 2.55. The number of rotatable bonds is 2. The van der Waals surface area contributed by atoms with E-state index in [1.54, 1.807) is 0 Å². The van der Waals surface area contributed by atoms with Gasteiger partial charge in [-0.1, -0.05) is 20.8 Å². The first-order valence-electron chi connectivity index (χ1n) is 6.00. The van der Waals surface area contributed by atoms with Crippen molar-refractivity contribution in [3.63, 3.8) is 0 Å². The molecule has 1 unspecified atom stereocenters. The maximum atomic E-state index is 3.53. The lowest BCUT2D eigenvalue weighted by molar-refractivity contribution is 0.118.